The second-order valence-corrected chi connectivity index (χ2v) is 4.44. The standard InChI is InChI=1S/C9H8N2OS2/c10-8(12)3-7-5-14-9(11-7)6-1-2-13-4-6/h1-2,4-5H,3H2,(H2,10,12). The first-order valence-electron chi connectivity index (χ1n) is 4.01. The molecule has 0 bridgehead atoms. The van der Waals surface area contributed by atoms with Crippen LogP contribution < -0.4 is 5.73 Å². The van der Waals surface area contributed by atoms with Crippen LogP contribution in [-0.2, 0) is 11.2 Å². The van der Waals surface area contributed by atoms with Crippen molar-refractivity contribution in [3.63, 3.8) is 0 Å². The molecule has 0 saturated carbocycles. The van der Waals surface area contributed by atoms with Gasteiger partial charge in [0, 0.05) is 16.3 Å². The molecule has 2 heterocycles. The van der Waals surface area contributed by atoms with Gasteiger partial charge in [-0.05, 0) is 11.4 Å². The SMILES string of the molecule is NC(=O)Cc1csc(-c2ccsc2)n1. The second-order valence-electron chi connectivity index (χ2n) is 2.80. The van der Waals surface area contributed by atoms with Crippen molar-refractivity contribution in [2.75, 3.05) is 0 Å². The molecule has 0 aliphatic rings. The predicted molar refractivity (Wildman–Crippen MR) is 58.3 cm³/mol. The minimum Gasteiger partial charge on any atom is -0.369 e. The summed E-state index contributed by atoms with van der Waals surface area (Å²) in [5, 5.41) is 6.86. The Hall–Kier alpha value is -1.20. The number of carbonyl (C=O) groups excluding carboxylic acids is 1. The highest BCUT2D eigenvalue weighted by Gasteiger charge is 2.06. The molecule has 72 valence electrons. The Balaban J connectivity index is 2.22. The summed E-state index contributed by atoms with van der Waals surface area (Å²) < 4.78 is 0. The van der Waals surface area contributed by atoms with Crippen LogP contribution in [0.15, 0.2) is 22.2 Å². The van der Waals surface area contributed by atoms with Gasteiger partial charge >= 0.3 is 0 Å². The van der Waals surface area contributed by atoms with E-state index in [0.29, 0.717) is 0 Å². The zero-order valence-electron chi connectivity index (χ0n) is 7.27. The largest absolute Gasteiger partial charge is 0.369 e. The summed E-state index contributed by atoms with van der Waals surface area (Å²) >= 11 is 3.17. The van der Waals surface area contributed by atoms with Gasteiger partial charge in [-0.25, -0.2) is 4.98 Å². The Bertz CT molecular complexity index is 433. The van der Waals surface area contributed by atoms with E-state index in [1.54, 1.807) is 11.3 Å². The van der Waals surface area contributed by atoms with Crippen molar-refractivity contribution in [2.45, 2.75) is 6.42 Å². The third kappa shape index (κ3) is 2.00. The Kier molecular flexibility index (Phi) is 2.60. The van der Waals surface area contributed by atoms with Gasteiger partial charge in [0.2, 0.25) is 5.91 Å². The lowest BCUT2D eigenvalue weighted by molar-refractivity contribution is -0.117. The Morgan fingerprint density at radius 2 is 2.36 bits per heavy atom. The topological polar surface area (TPSA) is 56.0 Å². The molecule has 5 heteroatoms. The maximum atomic E-state index is 10.7. The minimum absolute atomic E-state index is 0.223. The van der Waals surface area contributed by atoms with E-state index in [-0.39, 0.29) is 12.3 Å². The molecular weight excluding hydrogens is 216 g/mol. The number of carbonyl (C=O) groups is 1. The summed E-state index contributed by atoms with van der Waals surface area (Å²) in [6.45, 7) is 0. The van der Waals surface area contributed by atoms with Crippen LogP contribution in [-0.4, -0.2) is 10.9 Å². The van der Waals surface area contributed by atoms with Gasteiger partial charge in [-0.3, -0.25) is 4.79 Å². The van der Waals surface area contributed by atoms with Gasteiger partial charge < -0.3 is 5.73 Å². The van der Waals surface area contributed by atoms with E-state index in [2.05, 4.69) is 4.98 Å². The van der Waals surface area contributed by atoms with Crippen LogP contribution in [0.4, 0.5) is 0 Å². The molecule has 2 N–H and O–H groups in total. The summed E-state index contributed by atoms with van der Waals surface area (Å²) in [6, 6.07) is 2.01. The molecule has 0 atom stereocenters. The number of nitrogens with two attached hydrogens (primary N) is 1. The van der Waals surface area contributed by atoms with Crippen LogP contribution in [0.25, 0.3) is 10.6 Å². The number of nitrogens with zero attached hydrogens (tertiary/aromatic N) is 1. The van der Waals surface area contributed by atoms with E-state index in [9.17, 15) is 4.79 Å². The van der Waals surface area contributed by atoms with Crippen molar-refractivity contribution in [3.05, 3.63) is 27.9 Å². The number of hydrogen-bond donors (Lipinski definition) is 1. The van der Waals surface area contributed by atoms with E-state index in [4.69, 9.17) is 5.73 Å². The van der Waals surface area contributed by atoms with Gasteiger partial charge in [0.25, 0.3) is 0 Å². The molecule has 2 aromatic heterocycles. The highest BCUT2D eigenvalue weighted by atomic mass is 32.1. The van der Waals surface area contributed by atoms with E-state index >= 15 is 0 Å². The third-order valence-electron chi connectivity index (χ3n) is 1.68. The van der Waals surface area contributed by atoms with Crippen LogP contribution >= 0.6 is 22.7 Å². The molecule has 0 saturated heterocycles. The van der Waals surface area contributed by atoms with E-state index in [1.807, 2.05) is 22.2 Å². The fraction of sp³-hybridized carbons (Fsp3) is 0.111. The molecule has 0 spiro atoms. The number of rotatable bonds is 3. The van der Waals surface area contributed by atoms with Crippen LogP contribution in [0.5, 0.6) is 0 Å². The number of thiophene rings is 1. The van der Waals surface area contributed by atoms with Gasteiger partial charge in [0.15, 0.2) is 0 Å². The molecule has 0 fully saturated rings. The number of primary amides is 1. The summed E-state index contributed by atoms with van der Waals surface area (Å²) in [5.41, 5.74) is 6.94. The summed E-state index contributed by atoms with van der Waals surface area (Å²) in [7, 11) is 0. The van der Waals surface area contributed by atoms with E-state index in [1.165, 1.54) is 11.3 Å². The maximum Gasteiger partial charge on any atom is 0.223 e. The average Bonchev–Trinajstić information content (AvgIpc) is 2.69. The van der Waals surface area contributed by atoms with Gasteiger partial charge in [-0.1, -0.05) is 0 Å². The second kappa shape index (κ2) is 3.89. The summed E-state index contributed by atoms with van der Waals surface area (Å²) in [5.74, 6) is -0.341. The molecule has 3 nitrogen and oxygen atoms in total. The molecule has 0 radical (unpaired) electrons. The highest BCUT2D eigenvalue weighted by Crippen LogP contribution is 2.25. The highest BCUT2D eigenvalue weighted by molar-refractivity contribution is 7.14. The maximum absolute atomic E-state index is 10.7. The van der Waals surface area contributed by atoms with Crippen molar-refractivity contribution in [1.29, 1.82) is 0 Å². The van der Waals surface area contributed by atoms with Crippen LogP contribution in [0.3, 0.4) is 0 Å². The van der Waals surface area contributed by atoms with E-state index in [0.717, 1.165) is 16.3 Å². The fourth-order valence-corrected chi connectivity index (χ4v) is 2.62. The van der Waals surface area contributed by atoms with Crippen LogP contribution in [0, 0.1) is 0 Å². The number of thiazole rings is 1. The Morgan fingerprint density at radius 3 is 3.00 bits per heavy atom. The van der Waals surface area contributed by atoms with Crippen molar-refractivity contribution in [1.82, 2.24) is 4.98 Å². The van der Waals surface area contributed by atoms with Gasteiger partial charge in [-0.15, -0.1) is 11.3 Å². The van der Waals surface area contributed by atoms with Crippen molar-refractivity contribution in [3.8, 4) is 10.6 Å². The molecule has 2 rings (SSSR count). The molecule has 0 aromatic carbocycles. The first-order chi connectivity index (χ1) is 6.75. The Labute approximate surface area is 89.2 Å². The first kappa shape index (κ1) is 9.36. The van der Waals surface area contributed by atoms with Crippen LogP contribution in [0.2, 0.25) is 0 Å². The van der Waals surface area contributed by atoms with Crippen molar-refractivity contribution in [2.24, 2.45) is 5.73 Å². The summed E-state index contributed by atoms with van der Waals surface area (Å²) in [6.07, 6.45) is 0.223. The van der Waals surface area contributed by atoms with Gasteiger partial charge in [0.1, 0.15) is 5.01 Å². The fourth-order valence-electron chi connectivity index (χ4n) is 1.09. The van der Waals surface area contributed by atoms with Gasteiger partial charge in [-0.2, -0.15) is 11.3 Å². The first-order valence-corrected chi connectivity index (χ1v) is 5.83. The van der Waals surface area contributed by atoms with Gasteiger partial charge in [0.05, 0.1) is 12.1 Å². The average molecular weight is 224 g/mol. The summed E-state index contributed by atoms with van der Waals surface area (Å²) in [4.78, 5) is 15.0. The van der Waals surface area contributed by atoms with Crippen molar-refractivity contribution < 1.29 is 4.79 Å². The lowest BCUT2D eigenvalue weighted by Crippen LogP contribution is -2.13. The Morgan fingerprint density at radius 1 is 1.50 bits per heavy atom. The minimum atomic E-state index is -0.341. The van der Waals surface area contributed by atoms with Crippen molar-refractivity contribution >= 4 is 28.6 Å². The third-order valence-corrected chi connectivity index (χ3v) is 3.30. The predicted octanol–water partition coefficient (Wildman–Crippen LogP) is 1.90. The monoisotopic (exact) mass is 224 g/mol. The molecule has 14 heavy (non-hydrogen) atoms. The normalized spacial score (nSPS) is 10.3. The molecule has 0 unspecified atom stereocenters. The number of hydrogen-bond acceptors (Lipinski definition) is 4. The molecular formula is C9H8N2OS2. The lowest BCUT2D eigenvalue weighted by Gasteiger charge is -1.89. The quantitative estimate of drug-likeness (QED) is 0.865. The molecule has 0 aliphatic heterocycles. The number of aromatic nitrogens is 1. The van der Waals surface area contributed by atoms with E-state index < -0.39 is 0 Å². The van der Waals surface area contributed by atoms with Crippen LogP contribution in [0.1, 0.15) is 5.69 Å². The zero-order chi connectivity index (χ0) is 9.97. The molecule has 0 aliphatic carbocycles. The molecule has 1 amide bonds. The smallest absolute Gasteiger partial charge is 0.223 e. The zero-order valence-corrected chi connectivity index (χ0v) is 8.90. The number of amides is 1. The molecule has 2 aromatic rings. The lowest BCUT2D eigenvalue weighted by atomic mass is 10.3.